The fraction of sp³-hybridized carbons (Fsp3) is 0.600. The van der Waals surface area contributed by atoms with Crippen molar-refractivity contribution in [1.82, 2.24) is 9.80 Å². The Morgan fingerprint density at radius 2 is 1.89 bits per heavy atom. The van der Waals surface area contributed by atoms with Crippen LogP contribution in [-0.2, 0) is 16.1 Å². The molecule has 1 aromatic carbocycles. The van der Waals surface area contributed by atoms with Gasteiger partial charge in [-0.3, -0.25) is 4.79 Å². The lowest BCUT2D eigenvalue weighted by molar-refractivity contribution is -0.130. The monoisotopic (exact) mass is 440 g/mol. The molecule has 7 heteroatoms. The zero-order valence-corrected chi connectivity index (χ0v) is 18.3. The van der Waals surface area contributed by atoms with Crippen molar-refractivity contribution >= 4 is 27.9 Å². The number of amides is 2. The molecule has 1 heterocycles. The van der Waals surface area contributed by atoms with Crippen molar-refractivity contribution in [1.29, 1.82) is 0 Å². The maximum atomic E-state index is 12.9. The second-order valence-corrected chi connectivity index (χ2v) is 8.72. The highest BCUT2D eigenvalue weighted by molar-refractivity contribution is 9.10. The van der Waals surface area contributed by atoms with Crippen molar-refractivity contribution in [3.63, 3.8) is 0 Å². The van der Waals surface area contributed by atoms with Gasteiger partial charge in [-0.05, 0) is 45.7 Å². The van der Waals surface area contributed by atoms with Crippen molar-refractivity contribution in [2.75, 3.05) is 20.2 Å². The Balaban J connectivity index is 2.23. The lowest BCUT2D eigenvalue weighted by Gasteiger charge is -2.39. The highest BCUT2D eigenvalue weighted by Gasteiger charge is 2.32. The number of likely N-dealkylation sites (tertiary alicyclic amines) is 1. The summed E-state index contributed by atoms with van der Waals surface area (Å²) < 4.78 is 12.1. The Bertz CT molecular complexity index is 679. The van der Waals surface area contributed by atoms with E-state index in [-0.39, 0.29) is 18.0 Å². The van der Waals surface area contributed by atoms with Crippen molar-refractivity contribution < 1.29 is 19.1 Å². The molecule has 0 spiro atoms. The fourth-order valence-electron chi connectivity index (χ4n) is 3.19. The first-order chi connectivity index (χ1) is 12.6. The molecule has 0 aliphatic carbocycles. The van der Waals surface area contributed by atoms with Gasteiger partial charge in [0.05, 0.1) is 13.7 Å². The number of hydrogen-bond acceptors (Lipinski definition) is 4. The van der Waals surface area contributed by atoms with E-state index in [4.69, 9.17) is 9.47 Å². The van der Waals surface area contributed by atoms with Crippen LogP contribution in [0.4, 0.5) is 4.79 Å². The Labute approximate surface area is 169 Å². The van der Waals surface area contributed by atoms with Gasteiger partial charge >= 0.3 is 6.09 Å². The SMILES string of the molecule is COc1cc(Br)ccc1CN(C(=O)OC(C)(C)C)C1CCN(C(C)=O)CC1. The molecule has 150 valence electrons. The first kappa shape index (κ1) is 21.5. The summed E-state index contributed by atoms with van der Waals surface area (Å²) in [6.07, 6.45) is 1.13. The summed E-state index contributed by atoms with van der Waals surface area (Å²) in [5.74, 6) is 0.797. The molecule has 1 aliphatic rings. The van der Waals surface area contributed by atoms with E-state index >= 15 is 0 Å². The molecule has 1 saturated heterocycles. The highest BCUT2D eigenvalue weighted by Crippen LogP contribution is 2.28. The van der Waals surface area contributed by atoms with Crippen molar-refractivity contribution in [2.24, 2.45) is 0 Å². The van der Waals surface area contributed by atoms with E-state index < -0.39 is 5.60 Å². The predicted molar refractivity (Wildman–Crippen MR) is 108 cm³/mol. The number of ether oxygens (including phenoxy) is 2. The molecule has 0 N–H and O–H groups in total. The summed E-state index contributed by atoms with van der Waals surface area (Å²) in [6.45, 7) is 8.87. The molecule has 2 amide bonds. The zero-order valence-electron chi connectivity index (χ0n) is 16.8. The van der Waals surface area contributed by atoms with Gasteiger partial charge in [0.25, 0.3) is 0 Å². The van der Waals surface area contributed by atoms with Gasteiger partial charge in [-0.2, -0.15) is 0 Å². The molecule has 1 aliphatic heterocycles. The number of halogens is 1. The number of methoxy groups -OCH3 is 1. The maximum Gasteiger partial charge on any atom is 0.410 e. The van der Waals surface area contributed by atoms with Gasteiger partial charge in [-0.1, -0.05) is 22.0 Å². The summed E-state index contributed by atoms with van der Waals surface area (Å²) in [4.78, 5) is 28.1. The smallest absolute Gasteiger partial charge is 0.410 e. The molecule has 0 radical (unpaired) electrons. The summed E-state index contributed by atoms with van der Waals surface area (Å²) in [6, 6.07) is 5.79. The fourth-order valence-corrected chi connectivity index (χ4v) is 3.53. The Kier molecular flexibility index (Phi) is 7.14. The Morgan fingerprint density at radius 1 is 1.26 bits per heavy atom. The lowest BCUT2D eigenvalue weighted by atomic mass is 10.0. The molecular weight excluding hydrogens is 412 g/mol. The normalized spacial score (nSPS) is 15.4. The third-order valence-corrected chi connectivity index (χ3v) is 5.06. The van der Waals surface area contributed by atoms with Crippen LogP contribution in [0.5, 0.6) is 5.75 Å². The van der Waals surface area contributed by atoms with E-state index in [2.05, 4.69) is 15.9 Å². The number of rotatable bonds is 4. The largest absolute Gasteiger partial charge is 0.496 e. The summed E-state index contributed by atoms with van der Waals surface area (Å²) in [5, 5.41) is 0. The van der Waals surface area contributed by atoms with Crippen molar-refractivity contribution in [2.45, 2.75) is 58.7 Å². The quantitative estimate of drug-likeness (QED) is 0.703. The van der Waals surface area contributed by atoms with Gasteiger partial charge in [-0.15, -0.1) is 0 Å². The summed E-state index contributed by atoms with van der Waals surface area (Å²) in [5.41, 5.74) is 0.347. The predicted octanol–water partition coefficient (Wildman–Crippen LogP) is 4.21. The van der Waals surface area contributed by atoms with Crippen LogP contribution in [0.2, 0.25) is 0 Å². The topological polar surface area (TPSA) is 59.1 Å². The van der Waals surface area contributed by atoms with Crippen LogP contribution >= 0.6 is 15.9 Å². The number of piperidine rings is 1. The van der Waals surface area contributed by atoms with Gasteiger partial charge < -0.3 is 19.3 Å². The first-order valence-electron chi connectivity index (χ1n) is 9.18. The minimum Gasteiger partial charge on any atom is -0.496 e. The van der Waals surface area contributed by atoms with Crippen LogP contribution in [0.3, 0.4) is 0 Å². The zero-order chi connectivity index (χ0) is 20.2. The molecule has 0 saturated carbocycles. The van der Waals surface area contributed by atoms with Crippen LogP contribution in [0.25, 0.3) is 0 Å². The van der Waals surface area contributed by atoms with E-state index in [1.165, 1.54) is 0 Å². The molecule has 27 heavy (non-hydrogen) atoms. The second-order valence-electron chi connectivity index (χ2n) is 7.80. The molecule has 1 aromatic rings. The third kappa shape index (κ3) is 6.13. The van der Waals surface area contributed by atoms with Crippen molar-refractivity contribution in [3.05, 3.63) is 28.2 Å². The van der Waals surface area contributed by atoms with Crippen LogP contribution in [0.15, 0.2) is 22.7 Å². The minimum absolute atomic E-state index is 0.0174. The molecule has 0 bridgehead atoms. The summed E-state index contributed by atoms with van der Waals surface area (Å²) in [7, 11) is 1.62. The van der Waals surface area contributed by atoms with E-state index in [0.717, 1.165) is 28.6 Å². The number of hydrogen-bond donors (Lipinski definition) is 0. The highest BCUT2D eigenvalue weighted by atomic mass is 79.9. The van der Waals surface area contributed by atoms with Gasteiger partial charge in [0.1, 0.15) is 11.4 Å². The van der Waals surface area contributed by atoms with E-state index in [0.29, 0.717) is 19.6 Å². The van der Waals surface area contributed by atoms with Gasteiger partial charge in [0.15, 0.2) is 0 Å². The van der Waals surface area contributed by atoms with Gasteiger partial charge in [0, 0.05) is 36.1 Å². The average Bonchev–Trinajstić information content (AvgIpc) is 2.59. The molecule has 1 fully saturated rings. The van der Waals surface area contributed by atoms with Crippen LogP contribution in [0, 0.1) is 0 Å². The minimum atomic E-state index is -0.570. The molecule has 6 nitrogen and oxygen atoms in total. The molecule has 0 unspecified atom stereocenters. The lowest BCUT2D eigenvalue weighted by Crippen LogP contribution is -2.49. The van der Waals surface area contributed by atoms with Gasteiger partial charge in [0.2, 0.25) is 5.91 Å². The number of benzene rings is 1. The van der Waals surface area contributed by atoms with Crippen LogP contribution in [0.1, 0.15) is 46.1 Å². The Morgan fingerprint density at radius 3 is 2.41 bits per heavy atom. The molecule has 0 atom stereocenters. The van der Waals surface area contributed by atoms with Gasteiger partial charge in [-0.25, -0.2) is 4.79 Å². The van der Waals surface area contributed by atoms with E-state index in [1.807, 2.05) is 43.9 Å². The van der Waals surface area contributed by atoms with Crippen LogP contribution < -0.4 is 4.74 Å². The van der Waals surface area contributed by atoms with E-state index in [1.54, 1.807) is 18.9 Å². The Hall–Kier alpha value is -1.76. The van der Waals surface area contributed by atoms with Crippen LogP contribution in [-0.4, -0.2) is 53.6 Å². The number of nitrogens with zero attached hydrogens (tertiary/aromatic N) is 2. The first-order valence-corrected chi connectivity index (χ1v) is 9.97. The molecule has 2 rings (SSSR count). The standard InChI is InChI=1S/C20H29BrN2O4/c1-14(24)22-10-8-17(9-11-22)23(19(25)27-20(2,3)4)13-15-6-7-16(21)12-18(15)26-5/h6-7,12,17H,8-11,13H2,1-5H3. The molecule has 0 aromatic heterocycles. The molecular formula is C20H29BrN2O4. The van der Waals surface area contributed by atoms with Crippen molar-refractivity contribution in [3.8, 4) is 5.75 Å². The maximum absolute atomic E-state index is 12.9. The van der Waals surface area contributed by atoms with E-state index in [9.17, 15) is 9.59 Å². The number of carbonyl (C=O) groups is 2. The average molecular weight is 441 g/mol. The third-order valence-electron chi connectivity index (χ3n) is 4.57. The second kappa shape index (κ2) is 8.95. The number of carbonyl (C=O) groups excluding carboxylic acids is 2. The summed E-state index contributed by atoms with van der Waals surface area (Å²) >= 11 is 3.45.